The van der Waals surface area contributed by atoms with Gasteiger partial charge in [-0.15, -0.1) is 0 Å². The molecule has 0 unspecified atom stereocenters. The molecule has 1 fully saturated rings. The number of fused-ring (bicyclic) bond motifs is 1. The minimum Gasteiger partial charge on any atom is -0.454 e. The molecule has 0 aliphatic carbocycles. The van der Waals surface area contributed by atoms with Gasteiger partial charge >= 0.3 is 0 Å². The smallest absolute Gasteiger partial charge is 0.238 e. The lowest BCUT2D eigenvalue weighted by atomic mass is 10.1. The molecule has 0 atom stereocenters. The van der Waals surface area contributed by atoms with Crippen LogP contribution in [0.4, 0.5) is 5.69 Å². The lowest BCUT2D eigenvalue weighted by Crippen LogP contribution is -2.48. The highest BCUT2D eigenvalue weighted by atomic mass is 35.5. The number of amides is 1. The fourth-order valence-corrected chi connectivity index (χ4v) is 3.80. The summed E-state index contributed by atoms with van der Waals surface area (Å²) in [6, 6.07) is 11.7. The van der Waals surface area contributed by atoms with Crippen LogP contribution in [-0.2, 0) is 11.3 Å². The molecule has 2 aliphatic rings. The first-order valence-electron chi connectivity index (χ1n) is 9.46. The summed E-state index contributed by atoms with van der Waals surface area (Å²) in [6.07, 6.45) is 0. The van der Waals surface area contributed by atoms with Gasteiger partial charge in [-0.3, -0.25) is 14.6 Å². The second-order valence-electron chi connectivity index (χ2n) is 7.27. The highest BCUT2D eigenvalue weighted by Gasteiger charge is 2.20. The largest absolute Gasteiger partial charge is 0.454 e. The lowest BCUT2D eigenvalue weighted by molar-refractivity contribution is -0.117. The molecule has 148 valence electrons. The van der Waals surface area contributed by atoms with Crippen LogP contribution in [-0.4, -0.2) is 55.2 Å². The summed E-state index contributed by atoms with van der Waals surface area (Å²) in [5.41, 5.74) is 2.95. The summed E-state index contributed by atoms with van der Waals surface area (Å²) in [4.78, 5) is 16.9. The number of ether oxygens (including phenoxy) is 2. The zero-order chi connectivity index (χ0) is 19.5. The van der Waals surface area contributed by atoms with Crippen molar-refractivity contribution in [1.29, 1.82) is 0 Å². The molecular weight excluding hydrogens is 378 g/mol. The normalized spacial score (nSPS) is 16.9. The zero-order valence-corrected chi connectivity index (χ0v) is 16.7. The number of nitrogens with zero attached hydrogens (tertiary/aromatic N) is 2. The molecule has 2 heterocycles. The number of rotatable bonds is 5. The summed E-state index contributed by atoms with van der Waals surface area (Å²) in [7, 11) is 0. The van der Waals surface area contributed by atoms with Crippen LogP contribution >= 0.6 is 11.6 Å². The Bertz CT molecular complexity index is 866. The molecule has 2 aromatic rings. The van der Waals surface area contributed by atoms with Crippen molar-refractivity contribution < 1.29 is 14.3 Å². The van der Waals surface area contributed by atoms with E-state index in [2.05, 4.69) is 21.2 Å². The van der Waals surface area contributed by atoms with E-state index in [1.165, 1.54) is 5.56 Å². The van der Waals surface area contributed by atoms with Gasteiger partial charge in [-0.05, 0) is 42.3 Å². The molecule has 0 saturated carbocycles. The number of hydrogen-bond acceptors (Lipinski definition) is 5. The molecule has 1 amide bonds. The monoisotopic (exact) mass is 401 g/mol. The van der Waals surface area contributed by atoms with Crippen LogP contribution in [0.3, 0.4) is 0 Å². The van der Waals surface area contributed by atoms with Crippen molar-refractivity contribution >= 4 is 23.2 Å². The predicted octanol–water partition coefficient (Wildman–Crippen LogP) is 3.13. The van der Waals surface area contributed by atoms with E-state index in [-0.39, 0.29) is 5.91 Å². The van der Waals surface area contributed by atoms with Crippen LogP contribution in [0.5, 0.6) is 11.5 Å². The van der Waals surface area contributed by atoms with E-state index in [0.717, 1.165) is 49.8 Å². The number of benzene rings is 2. The van der Waals surface area contributed by atoms with Crippen molar-refractivity contribution in [1.82, 2.24) is 9.80 Å². The third-order valence-corrected chi connectivity index (χ3v) is 5.39. The Hall–Kier alpha value is -2.28. The van der Waals surface area contributed by atoms with Crippen molar-refractivity contribution in [3.63, 3.8) is 0 Å². The molecule has 28 heavy (non-hydrogen) atoms. The topological polar surface area (TPSA) is 54.0 Å². The third kappa shape index (κ3) is 4.58. The second-order valence-corrected chi connectivity index (χ2v) is 7.68. The van der Waals surface area contributed by atoms with Gasteiger partial charge in [0.1, 0.15) is 0 Å². The molecule has 1 saturated heterocycles. The highest BCUT2D eigenvalue weighted by molar-refractivity contribution is 6.33. The number of piperazine rings is 1. The average molecular weight is 402 g/mol. The Morgan fingerprint density at radius 2 is 1.79 bits per heavy atom. The summed E-state index contributed by atoms with van der Waals surface area (Å²) in [5.74, 6) is 1.60. The van der Waals surface area contributed by atoms with Crippen molar-refractivity contribution in [2.45, 2.75) is 13.5 Å². The van der Waals surface area contributed by atoms with E-state index in [1.807, 2.05) is 37.3 Å². The number of halogens is 1. The Morgan fingerprint density at radius 3 is 2.57 bits per heavy atom. The van der Waals surface area contributed by atoms with Crippen LogP contribution in [0.1, 0.15) is 11.1 Å². The molecule has 0 aromatic heterocycles. The van der Waals surface area contributed by atoms with Gasteiger partial charge in [-0.1, -0.05) is 23.7 Å². The van der Waals surface area contributed by atoms with Crippen LogP contribution in [0.2, 0.25) is 5.02 Å². The average Bonchev–Trinajstić information content (AvgIpc) is 3.13. The van der Waals surface area contributed by atoms with E-state index >= 15 is 0 Å². The fraction of sp³-hybridized carbons (Fsp3) is 0.381. The number of aryl methyl sites for hydroxylation is 1. The first-order chi connectivity index (χ1) is 13.6. The van der Waals surface area contributed by atoms with Gasteiger partial charge in [0.15, 0.2) is 11.5 Å². The molecule has 2 aliphatic heterocycles. The highest BCUT2D eigenvalue weighted by Crippen LogP contribution is 2.32. The Morgan fingerprint density at radius 1 is 1.04 bits per heavy atom. The van der Waals surface area contributed by atoms with E-state index in [1.54, 1.807) is 0 Å². The molecule has 7 heteroatoms. The maximum atomic E-state index is 12.3. The van der Waals surface area contributed by atoms with Gasteiger partial charge in [-0.2, -0.15) is 0 Å². The summed E-state index contributed by atoms with van der Waals surface area (Å²) in [5, 5.41) is 3.48. The van der Waals surface area contributed by atoms with Crippen LogP contribution in [0, 0.1) is 6.92 Å². The summed E-state index contributed by atoms with van der Waals surface area (Å²) < 4.78 is 10.8. The molecule has 1 N–H and O–H groups in total. The first-order valence-corrected chi connectivity index (χ1v) is 9.84. The Labute approximate surface area is 170 Å². The number of hydrogen-bond donors (Lipinski definition) is 1. The van der Waals surface area contributed by atoms with Crippen LogP contribution in [0.15, 0.2) is 36.4 Å². The summed E-state index contributed by atoms with van der Waals surface area (Å²) in [6.45, 7) is 7.09. The number of anilines is 1. The minimum atomic E-state index is -0.0324. The Balaban J connectivity index is 1.24. The van der Waals surface area contributed by atoms with E-state index in [9.17, 15) is 4.79 Å². The van der Waals surface area contributed by atoms with Crippen molar-refractivity contribution in [2.75, 3.05) is 44.8 Å². The van der Waals surface area contributed by atoms with Gasteiger partial charge < -0.3 is 14.8 Å². The summed E-state index contributed by atoms with van der Waals surface area (Å²) >= 11 is 6.20. The standard InChI is InChI=1S/C21H24ClN3O3/c1-15-2-4-18(17(22)10-15)23-21(26)13-25-8-6-24(7-9-25)12-16-3-5-19-20(11-16)28-14-27-19/h2-5,10-11H,6-9,12-14H2,1H3,(H,23,26). The van der Waals surface area contributed by atoms with Gasteiger partial charge in [0, 0.05) is 32.7 Å². The predicted molar refractivity (Wildman–Crippen MR) is 109 cm³/mol. The molecule has 4 rings (SSSR count). The SMILES string of the molecule is Cc1ccc(NC(=O)CN2CCN(Cc3ccc4c(c3)OCO4)CC2)c(Cl)c1. The minimum absolute atomic E-state index is 0.0324. The molecule has 2 aromatic carbocycles. The maximum absolute atomic E-state index is 12.3. The molecule has 0 bridgehead atoms. The lowest BCUT2D eigenvalue weighted by Gasteiger charge is -2.34. The van der Waals surface area contributed by atoms with Crippen molar-refractivity contribution in [3.8, 4) is 11.5 Å². The van der Waals surface area contributed by atoms with E-state index < -0.39 is 0 Å². The van der Waals surface area contributed by atoms with E-state index in [4.69, 9.17) is 21.1 Å². The maximum Gasteiger partial charge on any atom is 0.238 e. The van der Waals surface area contributed by atoms with Gasteiger partial charge in [0.05, 0.1) is 17.3 Å². The van der Waals surface area contributed by atoms with Crippen molar-refractivity contribution in [3.05, 3.63) is 52.5 Å². The quantitative estimate of drug-likeness (QED) is 0.834. The first kappa shape index (κ1) is 19.1. The molecular formula is C21H24ClN3O3. The van der Waals surface area contributed by atoms with Crippen LogP contribution < -0.4 is 14.8 Å². The second kappa shape index (κ2) is 8.39. The zero-order valence-electron chi connectivity index (χ0n) is 15.9. The number of carbonyl (C=O) groups excluding carboxylic acids is 1. The van der Waals surface area contributed by atoms with Crippen molar-refractivity contribution in [2.24, 2.45) is 0 Å². The molecule has 0 radical (unpaired) electrons. The number of carbonyl (C=O) groups is 1. The van der Waals surface area contributed by atoms with Gasteiger partial charge in [0.2, 0.25) is 12.7 Å². The van der Waals surface area contributed by atoms with E-state index in [0.29, 0.717) is 24.0 Å². The fourth-order valence-electron chi connectivity index (χ4n) is 3.52. The van der Waals surface area contributed by atoms with Crippen LogP contribution in [0.25, 0.3) is 0 Å². The van der Waals surface area contributed by atoms with Gasteiger partial charge in [-0.25, -0.2) is 0 Å². The molecule has 6 nitrogen and oxygen atoms in total. The third-order valence-electron chi connectivity index (χ3n) is 5.07. The molecule has 0 spiro atoms. The Kier molecular flexibility index (Phi) is 5.71. The van der Waals surface area contributed by atoms with Gasteiger partial charge in [0.25, 0.3) is 0 Å². The number of nitrogens with one attached hydrogen (secondary N) is 1.